The lowest BCUT2D eigenvalue weighted by atomic mass is 9.77. The van der Waals surface area contributed by atoms with E-state index in [1.165, 1.54) is 25.7 Å². The van der Waals surface area contributed by atoms with Gasteiger partial charge in [-0.05, 0) is 91.6 Å². The summed E-state index contributed by atoms with van der Waals surface area (Å²) in [7, 11) is 0. The third-order valence-corrected chi connectivity index (χ3v) is 9.11. The number of rotatable bonds is 9. The van der Waals surface area contributed by atoms with Crippen LogP contribution in [0.1, 0.15) is 84.3 Å². The van der Waals surface area contributed by atoms with Crippen molar-refractivity contribution in [3.8, 4) is 0 Å². The van der Waals surface area contributed by atoms with Crippen LogP contribution in [0, 0.1) is 19.3 Å². The molecule has 2 N–H and O–H groups in total. The van der Waals surface area contributed by atoms with Crippen LogP contribution in [0.15, 0.2) is 54.6 Å². The smallest absolute Gasteiger partial charge is 0.303 e. The zero-order chi connectivity index (χ0) is 28.3. The Morgan fingerprint density at radius 2 is 1.62 bits per heavy atom. The van der Waals surface area contributed by atoms with Gasteiger partial charge in [-0.15, -0.1) is 0 Å². The predicted octanol–water partition coefficient (Wildman–Crippen LogP) is 6.88. The predicted molar refractivity (Wildman–Crippen MR) is 159 cm³/mol. The minimum atomic E-state index is -0.950. The number of nitrogens with one attached hydrogen (secondary N) is 1. The molecule has 1 aliphatic carbocycles. The van der Waals surface area contributed by atoms with Crippen LogP contribution in [0.3, 0.4) is 0 Å². The van der Waals surface area contributed by atoms with Gasteiger partial charge in [0.05, 0.1) is 18.7 Å². The number of aryl methyl sites for hydroxylation is 2. The van der Waals surface area contributed by atoms with Crippen molar-refractivity contribution >= 4 is 34.1 Å². The summed E-state index contributed by atoms with van der Waals surface area (Å²) < 4.78 is 0. The number of carbonyl (C=O) groups excluding carboxylic acids is 2. The highest BCUT2D eigenvalue weighted by molar-refractivity contribution is 6.07. The average molecular weight is 541 g/mol. The highest BCUT2D eigenvalue weighted by Gasteiger charge is 2.37. The van der Waals surface area contributed by atoms with Crippen LogP contribution in [-0.2, 0) is 9.59 Å². The van der Waals surface area contributed by atoms with Crippen molar-refractivity contribution in [1.29, 1.82) is 0 Å². The van der Waals surface area contributed by atoms with Crippen molar-refractivity contribution in [2.45, 2.75) is 71.1 Å². The lowest BCUT2D eigenvalue weighted by Gasteiger charge is -2.39. The van der Waals surface area contributed by atoms with Gasteiger partial charge in [0.25, 0.3) is 0 Å². The number of ketones is 1. The molecular formula is C34H40N2O4. The van der Waals surface area contributed by atoms with E-state index < -0.39 is 11.9 Å². The Bertz CT molecular complexity index is 1410. The number of likely N-dealkylation sites (tertiary alicyclic amines) is 1. The second-order valence-corrected chi connectivity index (χ2v) is 12.0. The molecule has 1 heterocycles. The molecule has 1 spiro atoms. The Hall–Kier alpha value is -3.51. The summed E-state index contributed by atoms with van der Waals surface area (Å²) in [6.07, 6.45) is 7.49. The summed E-state index contributed by atoms with van der Waals surface area (Å²) in [5.41, 5.74) is 4.22. The molecule has 6 heteroatoms. The second kappa shape index (κ2) is 11.9. The molecule has 6 nitrogen and oxygen atoms in total. The summed E-state index contributed by atoms with van der Waals surface area (Å²) >= 11 is 0. The summed E-state index contributed by atoms with van der Waals surface area (Å²) in [5, 5.41) is 14.6. The lowest BCUT2D eigenvalue weighted by Crippen LogP contribution is -2.41. The van der Waals surface area contributed by atoms with Crippen molar-refractivity contribution in [1.82, 2.24) is 4.90 Å². The molecule has 210 valence electrons. The van der Waals surface area contributed by atoms with E-state index in [9.17, 15) is 19.5 Å². The molecule has 1 saturated heterocycles. The first-order chi connectivity index (χ1) is 19.2. The number of anilines is 1. The average Bonchev–Trinajstić information content (AvgIpc) is 3.38. The van der Waals surface area contributed by atoms with Crippen LogP contribution in [0.4, 0.5) is 5.69 Å². The maximum atomic E-state index is 13.6. The molecule has 1 atom stereocenters. The molecule has 0 bridgehead atoms. The van der Waals surface area contributed by atoms with Crippen molar-refractivity contribution in [3.05, 3.63) is 76.9 Å². The second-order valence-electron chi connectivity index (χ2n) is 12.0. The SMILES string of the molecule is Cc1cc(C)c(NC(=O)C[C@H](CC(=O)O)c2cccc3ccccc23)c(C(=O)CN2CCC3(CCCC3)CC2)c1. The number of aliphatic carboxylic acids is 1. The largest absolute Gasteiger partial charge is 0.481 e. The molecule has 1 aliphatic heterocycles. The number of amides is 1. The van der Waals surface area contributed by atoms with Crippen LogP contribution in [-0.4, -0.2) is 47.3 Å². The molecule has 0 aromatic heterocycles. The number of benzene rings is 3. The quantitative estimate of drug-likeness (QED) is 0.289. The maximum absolute atomic E-state index is 13.6. The van der Waals surface area contributed by atoms with E-state index >= 15 is 0 Å². The first kappa shape index (κ1) is 28.0. The molecule has 3 aromatic rings. The van der Waals surface area contributed by atoms with E-state index in [1.54, 1.807) is 0 Å². The summed E-state index contributed by atoms with van der Waals surface area (Å²) in [4.78, 5) is 41.1. The van der Waals surface area contributed by atoms with Gasteiger partial charge in [0, 0.05) is 17.9 Å². The number of carboxylic acids is 1. The third kappa shape index (κ3) is 6.28. The molecular weight excluding hydrogens is 500 g/mol. The van der Waals surface area contributed by atoms with Crippen LogP contribution < -0.4 is 5.32 Å². The van der Waals surface area contributed by atoms with Gasteiger partial charge in [-0.2, -0.15) is 0 Å². The van der Waals surface area contributed by atoms with Crippen molar-refractivity contribution in [2.24, 2.45) is 5.41 Å². The van der Waals surface area contributed by atoms with E-state index in [0.29, 0.717) is 23.2 Å². The Balaban J connectivity index is 1.33. The fourth-order valence-electron chi connectivity index (χ4n) is 6.98. The van der Waals surface area contributed by atoms with Gasteiger partial charge in [0.2, 0.25) is 5.91 Å². The third-order valence-electron chi connectivity index (χ3n) is 9.11. The van der Waals surface area contributed by atoms with Gasteiger partial charge in [0.15, 0.2) is 5.78 Å². The van der Waals surface area contributed by atoms with Crippen LogP contribution >= 0.6 is 0 Å². The van der Waals surface area contributed by atoms with E-state index in [0.717, 1.165) is 53.4 Å². The minimum Gasteiger partial charge on any atom is -0.481 e. The topological polar surface area (TPSA) is 86.7 Å². The van der Waals surface area contributed by atoms with Crippen LogP contribution in [0.2, 0.25) is 0 Å². The zero-order valence-electron chi connectivity index (χ0n) is 23.7. The lowest BCUT2D eigenvalue weighted by molar-refractivity contribution is -0.137. The van der Waals surface area contributed by atoms with Crippen LogP contribution in [0.25, 0.3) is 10.8 Å². The van der Waals surface area contributed by atoms with Crippen molar-refractivity contribution < 1.29 is 19.5 Å². The van der Waals surface area contributed by atoms with Crippen LogP contribution in [0.5, 0.6) is 0 Å². The number of nitrogens with zero attached hydrogens (tertiary/aromatic N) is 1. The van der Waals surface area contributed by atoms with Gasteiger partial charge >= 0.3 is 5.97 Å². The first-order valence-corrected chi connectivity index (χ1v) is 14.6. The van der Waals surface area contributed by atoms with E-state index in [4.69, 9.17) is 0 Å². The number of carboxylic acid groups (broad SMARTS) is 1. The maximum Gasteiger partial charge on any atom is 0.303 e. The Morgan fingerprint density at radius 3 is 2.35 bits per heavy atom. The Kier molecular flexibility index (Phi) is 8.36. The summed E-state index contributed by atoms with van der Waals surface area (Å²) in [5.74, 6) is -1.72. The molecule has 2 fully saturated rings. The fourth-order valence-corrected chi connectivity index (χ4v) is 6.98. The standard InChI is InChI=1S/C34H40N2O4/c1-23-18-24(2)33(29(19-23)30(37)22-36-16-14-34(15-17-36)12-5-6-13-34)35-31(38)20-26(21-32(39)40)28-11-7-9-25-8-3-4-10-27(25)28/h3-4,7-11,18-19,26H,5-6,12-17,20-22H2,1-2H3,(H,35,38)(H,39,40)/t26-/m1/s1. The molecule has 1 saturated carbocycles. The molecule has 0 radical (unpaired) electrons. The normalized spacial score (nSPS) is 17.6. The number of hydrogen-bond acceptors (Lipinski definition) is 4. The van der Waals surface area contributed by atoms with E-state index in [2.05, 4.69) is 10.2 Å². The highest BCUT2D eigenvalue weighted by atomic mass is 16.4. The number of Topliss-reactive ketones (excluding diaryl/α,β-unsaturated/α-hetero) is 1. The fraction of sp³-hybridized carbons (Fsp3) is 0.441. The van der Waals surface area contributed by atoms with Gasteiger partial charge < -0.3 is 10.4 Å². The van der Waals surface area contributed by atoms with Gasteiger partial charge in [-0.3, -0.25) is 19.3 Å². The van der Waals surface area contributed by atoms with Crippen molar-refractivity contribution in [2.75, 3.05) is 25.0 Å². The van der Waals surface area contributed by atoms with Crippen molar-refractivity contribution in [3.63, 3.8) is 0 Å². The number of carbonyl (C=O) groups is 3. The number of fused-ring (bicyclic) bond motifs is 1. The van der Waals surface area contributed by atoms with Gasteiger partial charge in [0.1, 0.15) is 0 Å². The summed E-state index contributed by atoms with van der Waals surface area (Å²) in [6.45, 7) is 6.10. The Morgan fingerprint density at radius 1 is 0.925 bits per heavy atom. The van der Waals surface area contributed by atoms with E-state index in [1.807, 2.05) is 68.4 Å². The number of hydrogen-bond donors (Lipinski definition) is 2. The zero-order valence-corrected chi connectivity index (χ0v) is 23.7. The van der Waals surface area contributed by atoms with E-state index in [-0.39, 0.29) is 24.5 Å². The van der Waals surface area contributed by atoms with Gasteiger partial charge in [-0.25, -0.2) is 0 Å². The first-order valence-electron chi connectivity index (χ1n) is 14.6. The molecule has 3 aromatic carbocycles. The Labute approximate surface area is 236 Å². The number of piperidine rings is 1. The highest BCUT2D eigenvalue weighted by Crippen LogP contribution is 2.46. The molecule has 2 aliphatic rings. The molecule has 40 heavy (non-hydrogen) atoms. The minimum absolute atomic E-state index is 0.00939. The van der Waals surface area contributed by atoms with Gasteiger partial charge in [-0.1, -0.05) is 61.4 Å². The molecule has 0 unspecified atom stereocenters. The summed E-state index contributed by atoms with van der Waals surface area (Å²) in [6, 6.07) is 17.5. The molecule has 1 amide bonds. The molecule has 5 rings (SSSR count). The monoisotopic (exact) mass is 540 g/mol.